The van der Waals surface area contributed by atoms with Crippen molar-refractivity contribution in [1.82, 2.24) is 9.62 Å². The molecule has 1 aromatic rings. The van der Waals surface area contributed by atoms with Crippen molar-refractivity contribution < 1.29 is 13.2 Å². The first-order valence-corrected chi connectivity index (χ1v) is 8.21. The van der Waals surface area contributed by atoms with Crippen molar-refractivity contribution in [3.63, 3.8) is 0 Å². The number of anilines is 1. The highest BCUT2D eigenvalue weighted by molar-refractivity contribution is 7.89. The Morgan fingerprint density at radius 2 is 1.95 bits per heavy atom. The van der Waals surface area contributed by atoms with E-state index in [9.17, 15) is 13.2 Å². The number of amides is 1. The zero-order valence-electron chi connectivity index (χ0n) is 12.5. The van der Waals surface area contributed by atoms with Crippen molar-refractivity contribution in [3.05, 3.63) is 23.2 Å². The molecule has 0 atom stereocenters. The molecule has 0 fully saturated rings. The lowest BCUT2D eigenvalue weighted by Crippen LogP contribution is -2.32. The first-order chi connectivity index (χ1) is 9.64. The third-order valence-electron chi connectivity index (χ3n) is 2.66. The zero-order valence-corrected chi connectivity index (χ0v) is 14.0. The molecular formula is C13H20ClN3O3S. The summed E-state index contributed by atoms with van der Waals surface area (Å²) in [7, 11) is -0.691. The Kier molecular flexibility index (Phi) is 6.15. The van der Waals surface area contributed by atoms with Gasteiger partial charge in [-0.3, -0.25) is 4.79 Å². The molecule has 0 aliphatic heterocycles. The first kappa shape index (κ1) is 17.9. The molecule has 0 radical (unpaired) electrons. The van der Waals surface area contributed by atoms with E-state index in [1.165, 1.54) is 32.3 Å². The summed E-state index contributed by atoms with van der Waals surface area (Å²) in [5.74, 6) is -0.287. The van der Waals surface area contributed by atoms with Crippen molar-refractivity contribution in [2.45, 2.75) is 24.8 Å². The predicted molar refractivity (Wildman–Crippen MR) is 84.1 cm³/mol. The van der Waals surface area contributed by atoms with Crippen LogP contribution in [-0.2, 0) is 14.8 Å². The molecule has 0 saturated heterocycles. The average molecular weight is 334 g/mol. The number of carbonyl (C=O) groups is 1. The summed E-state index contributed by atoms with van der Waals surface area (Å²) in [6.45, 7) is 3.97. The van der Waals surface area contributed by atoms with Crippen LogP contribution in [0.5, 0.6) is 0 Å². The van der Waals surface area contributed by atoms with Crippen molar-refractivity contribution in [2.24, 2.45) is 0 Å². The zero-order chi connectivity index (χ0) is 16.2. The van der Waals surface area contributed by atoms with Gasteiger partial charge in [0.1, 0.15) is 0 Å². The SMILES string of the molecule is CC(C)NCC(=O)Nc1cc(S(=O)(=O)N(C)C)ccc1Cl. The maximum absolute atomic E-state index is 12.1. The second kappa shape index (κ2) is 7.22. The van der Waals surface area contributed by atoms with Gasteiger partial charge >= 0.3 is 0 Å². The Balaban J connectivity index is 2.96. The van der Waals surface area contributed by atoms with Gasteiger partial charge in [-0.05, 0) is 18.2 Å². The lowest BCUT2D eigenvalue weighted by Gasteiger charge is -2.14. The second-order valence-corrected chi connectivity index (χ2v) is 7.57. The molecule has 0 bridgehead atoms. The van der Waals surface area contributed by atoms with E-state index in [-0.39, 0.29) is 34.1 Å². The average Bonchev–Trinajstić information content (AvgIpc) is 2.38. The Labute approximate surface area is 130 Å². The van der Waals surface area contributed by atoms with Crippen LogP contribution in [-0.4, -0.2) is 45.3 Å². The number of hydrogen-bond acceptors (Lipinski definition) is 4. The minimum atomic E-state index is -3.57. The normalized spacial score (nSPS) is 12.0. The Morgan fingerprint density at radius 1 is 1.33 bits per heavy atom. The van der Waals surface area contributed by atoms with E-state index in [0.717, 1.165) is 4.31 Å². The largest absolute Gasteiger partial charge is 0.324 e. The van der Waals surface area contributed by atoms with Gasteiger partial charge in [-0.15, -0.1) is 0 Å². The fourth-order valence-corrected chi connectivity index (χ4v) is 2.56. The first-order valence-electron chi connectivity index (χ1n) is 6.40. The molecule has 1 rings (SSSR count). The third-order valence-corrected chi connectivity index (χ3v) is 4.80. The molecular weight excluding hydrogens is 314 g/mol. The predicted octanol–water partition coefficient (Wildman–Crippen LogP) is 1.53. The van der Waals surface area contributed by atoms with E-state index in [0.29, 0.717) is 0 Å². The molecule has 1 amide bonds. The standard InChI is InChI=1S/C13H20ClN3O3S/c1-9(2)15-8-13(18)16-12-7-10(5-6-11(12)14)21(19,20)17(3)4/h5-7,9,15H,8H2,1-4H3,(H,16,18). The molecule has 0 heterocycles. The Bertz CT molecular complexity index is 615. The molecule has 6 nitrogen and oxygen atoms in total. The van der Waals surface area contributed by atoms with Gasteiger partial charge in [0.15, 0.2) is 0 Å². The second-order valence-electron chi connectivity index (χ2n) is 5.01. The quantitative estimate of drug-likeness (QED) is 0.827. The maximum Gasteiger partial charge on any atom is 0.242 e. The molecule has 0 unspecified atom stereocenters. The molecule has 0 aliphatic carbocycles. The fraction of sp³-hybridized carbons (Fsp3) is 0.462. The van der Waals surface area contributed by atoms with E-state index >= 15 is 0 Å². The topological polar surface area (TPSA) is 78.5 Å². The van der Waals surface area contributed by atoms with Gasteiger partial charge in [0.25, 0.3) is 0 Å². The minimum absolute atomic E-state index is 0.0732. The summed E-state index contributed by atoms with van der Waals surface area (Å²) in [4.78, 5) is 11.8. The van der Waals surface area contributed by atoms with Crippen LogP contribution in [0.1, 0.15) is 13.8 Å². The van der Waals surface area contributed by atoms with Crippen LogP contribution >= 0.6 is 11.6 Å². The fourth-order valence-electron chi connectivity index (χ4n) is 1.46. The lowest BCUT2D eigenvalue weighted by molar-refractivity contribution is -0.115. The number of sulfonamides is 1. The maximum atomic E-state index is 12.1. The van der Waals surface area contributed by atoms with Crippen LogP contribution in [0.4, 0.5) is 5.69 Å². The summed E-state index contributed by atoms with van der Waals surface area (Å²) >= 11 is 5.99. The molecule has 1 aromatic carbocycles. The van der Waals surface area contributed by atoms with Crippen molar-refractivity contribution in [3.8, 4) is 0 Å². The van der Waals surface area contributed by atoms with E-state index in [4.69, 9.17) is 11.6 Å². The Morgan fingerprint density at radius 3 is 2.48 bits per heavy atom. The van der Waals surface area contributed by atoms with Crippen LogP contribution < -0.4 is 10.6 Å². The lowest BCUT2D eigenvalue weighted by atomic mass is 10.3. The number of nitrogens with one attached hydrogen (secondary N) is 2. The Hall–Kier alpha value is -1.15. The van der Waals surface area contributed by atoms with Crippen molar-refractivity contribution >= 4 is 33.2 Å². The van der Waals surface area contributed by atoms with Gasteiger partial charge in [0.05, 0.1) is 22.2 Å². The molecule has 2 N–H and O–H groups in total. The van der Waals surface area contributed by atoms with E-state index in [1.807, 2.05) is 13.8 Å². The molecule has 0 spiro atoms. The highest BCUT2D eigenvalue weighted by Gasteiger charge is 2.19. The summed E-state index contributed by atoms with van der Waals surface area (Å²) in [5.41, 5.74) is 0.273. The van der Waals surface area contributed by atoms with Gasteiger partial charge in [0.2, 0.25) is 15.9 Å². The van der Waals surface area contributed by atoms with Gasteiger partial charge in [-0.2, -0.15) is 0 Å². The van der Waals surface area contributed by atoms with Crippen molar-refractivity contribution in [1.29, 1.82) is 0 Å². The summed E-state index contributed by atoms with van der Waals surface area (Å²) in [6, 6.07) is 4.38. The molecule has 21 heavy (non-hydrogen) atoms. The van der Waals surface area contributed by atoms with Crippen LogP contribution in [0.3, 0.4) is 0 Å². The molecule has 8 heteroatoms. The number of hydrogen-bond donors (Lipinski definition) is 2. The highest BCUT2D eigenvalue weighted by atomic mass is 35.5. The number of carbonyl (C=O) groups excluding carboxylic acids is 1. The smallest absolute Gasteiger partial charge is 0.242 e. The van der Waals surface area contributed by atoms with Crippen LogP contribution in [0.15, 0.2) is 23.1 Å². The molecule has 0 aromatic heterocycles. The minimum Gasteiger partial charge on any atom is -0.324 e. The highest BCUT2D eigenvalue weighted by Crippen LogP contribution is 2.26. The van der Waals surface area contributed by atoms with E-state index in [2.05, 4.69) is 10.6 Å². The van der Waals surface area contributed by atoms with Gasteiger partial charge in [-0.1, -0.05) is 25.4 Å². The van der Waals surface area contributed by atoms with Gasteiger partial charge < -0.3 is 10.6 Å². The number of rotatable bonds is 6. The van der Waals surface area contributed by atoms with E-state index < -0.39 is 10.0 Å². The molecule has 0 aliphatic rings. The van der Waals surface area contributed by atoms with Crippen LogP contribution in [0, 0.1) is 0 Å². The monoisotopic (exact) mass is 333 g/mol. The summed E-state index contributed by atoms with van der Waals surface area (Å²) in [5, 5.41) is 5.85. The van der Waals surface area contributed by atoms with Crippen molar-refractivity contribution in [2.75, 3.05) is 26.0 Å². The number of nitrogens with zero attached hydrogens (tertiary/aromatic N) is 1. The summed E-state index contributed by atoms with van der Waals surface area (Å²) in [6.07, 6.45) is 0. The van der Waals surface area contributed by atoms with Gasteiger partial charge in [-0.25, -0.2) is 12.7 Å². The van der Waals surface area contributed by atoms with Crippen LogP contribution in [0.25, 0.3) is 0 Å². The van der Waals surface area contributed by atoms with E-state index in [1.54, 1.807) is 0 Å². The number of benzene rings is 1. The molecule has 118 valence electrons. The van der Waals surface area contributed by atoms with Gasteiger partial charge in [0, 0.05) is 20.1 Å². The molecule has 0 saturated carbocycles. The van der Waals surface area contributed by atoms with Crippen LogP contribution in [0.2, 0.25) is 5.02 Å². The number of halogens is 1. The third kappa shape index (κ3) is 4.96. The summed E-state index contributed by atoms with van der Waals surface area (Å²) < 4.78 is 25.2.